The van der Waals surface area contributed by atoms with Gasteiger partial charge >= 0.3 is 6.18 Å². The van der Waals surface area contributed by atoms with Crippen molar-refractivity contribution in [3.05, 3.63) is 92.9 Å². The van der Waals surface area contributed by atoms with Crippen LogP contribution in [0.15, 0.2) is 36.4 Å². The minimum atomic E-state index is -5.18. The van der Waals surface area contributed by atoms with E-state index in [0.717, 1.165) is 29.5 Å². The Labute approximate surface area is 228 Å². The molecule has 1 fully saturated rings. The lowest BCUT2D eigenvalue weighted by atomic mass is 9.75. The molecule has 1 heterocycles. The smallest absolute Gasteiger partial charge is 0.207 e. The molecule has 10 heteroatoms. The van der Waals surface area contributed by atoms with Gasteiger partial charge in [-0.1, -0.05) is 13.3 Å². The molecule has 212 valence electrons. The minimum absolute atomic E-state index is 0.0507. The number of rotatable bonds is 5. The molecule has 0 bridgehead atoms. The summed E-state index contributed by atoms with van der Waals surface area (Å²) < 4.78 is 128. The van der Waals surface area contributed by atoms with Crippen molar-refractivity contribution in [3.8, 4) is 11.1 Å². The number of thiophene rings is 1. The van der Waals surface area contributed by atoms with Gasteiger partial charge in [-0.15, -0.1) is 11.3 Å². The van der Waals surface area contributed by atoms with E-state index in [-0.39, 0.29) is 47.1 Å². The standard InChI is InChI=1S/C30H23F9S/c1-2-3-19-8-18-13-22(33)26(28(36)29(18)40-19)17-11-20(31)25(21(32)12-17)15-6-4-14(5-7-15)16-9-23(34)27(24(35)10-16)30(37,38)39/h8-15H,2-7H2,1H3. The number of benzene rings is 3. The van der Waals surface area contributed by atoms with E-state index in [9.17, 15) is 26.3 Å². The maximum absolute atomic E-state index is 15.3. The molecule has 5 rings (SSSR count). The van der Waals surface area contributed by atoms with Crippen LogP contribution in [0.5, 0.6) is 0 Å². The molecule has 0 aliphatic heterocycles. The monoisotopic (exact) mass is 586 g/mol. The SMILES string of the molecule is CCCc1cc2cc(F)c(-c3cc(F)c(C4CCC(c5cc(F)c(C(F)(F)F)c(F)c5)CC4)c(F)c3)c(F)c2s1. The summed E-state index contributed by atoms with van der Waals surface area (Å²) in [5.41, 5.74) is -2.95. The van der Waals surface area contributed by atoms with Gasteiger partial charge in [-0.05, 0) is 96.9 Å². The summed E-state index contributed by atoms with van der Waals surface area (Å²) in [5, 5.41) is 0.384. The molecule has 0 atom stereocenters. The minimum Gasteiger partial charge on any atom is -0.207 e. The average Bonchev–Trinajstić information content (AvgIpc) is 3.25. The van der Waals surface area contributed by atoms with Crippen LogP contribution < -0.4 is 0 Å². The third kappa shape index (κ3) is 5.22. The van der Waals surface area contributed by atoms with Crippen molar-refractivity contribution in [2.75, 3.05) is 0 Å². The molecule has 0 amide bonds. The summed E-state index contributed by atoms with van der Waals surface area (Å²) in [6, 6.07) is 5.98. The Morgan fingerprint density at radius 1 is 0.725 bits per heavy atom. The predicted molar refractivity (Wildman–Crippen MR) is 136 cm³/mol. The molecule has 1 saturated carbocycles. The van der Waals surface area contributed by atoms with Gasteiger partial charge in [-0.25, -0.2) is 26.3 Å². The second kappa shape index (κ2) is 10.8. The zero-order chi connectivity index (χ0) is 28.9. The van der Waals surface area contributed by atoms with E-state index in [0.29, 0.717) is 23.9 Å². The Kier molecular flexibility index (Phi) is 7.67. The molecule has 1 aromatic heterocycles. The van der Waals surface area contributed by atoms with Crippen LogP contribution in [0, 0.1) is 34.9 Å². The van der Waals surface area contributed by atoms with Crippen LogP contribution in [0.1, 0.15) is 72.4 Å². The molecule has 1 aliphatic rings. The first kappa shape index (κ1) is 28.5. The molecular formula is C30H23F9S. The fourth-order valence-corrected chi connectivity index (χ4v) is 6.91. The fraction of sp³-hybridized carbons (Fsp3) is 0.333. The Balaban J connectivity index is 1.39. The summed E-state index contributed by atoms with van der Waals surface area (Å²) in [7, 11) is 0. The number of hydrogen-bond acceptors (Lipinski definition) is 1. The van der Waals surface area contributed by atoms with E-state index >= 15 is 13.2 Å². The van der Waals surface area contributed by atoms with E-state index in [4.69, 9.17) is 0 Å². The van der Waals surface area contributed by atoms with E-state index in [2.05, 4.69) is 0 Å². The molecule has 0 nitrogen and oxygen atoms in total. The number of fused-ring (bicyclic) bond motifs is 1. The molecule has 4 aromatic rings. The lowest BCUT2D eigenvalue weighted by molar-refractivity contribution is -0.142. The largest absolute Gasteiger partial charge is 0.422 e. The predicted octanol–water partition coefficient (Wildman–Crippen LogP) is 10.8. The van der Waals surface area contributed by atoms with Crippen LogP contribution in [0.25, 0.3) is 21.2 Å². The van der Waals surface area contributed by atoms with Crippen molar-refractivity contribution < 1.29 is 39.5 Å². The first-order valence-corrected chi connectivity index (χ1v) is 13.7. The van der Waals surface area contributed by atoms with E-state index < -0.39 is 64.0 Å². The first-order chi connectivity index (χ1) is 18.9. The van der Waals surface area contributed by atoms with Gasteiger partial charge in [0.05, 0.1) is 10.3 Å². The maximum Gasteiger partial charge on any atom is 0.422 e. The topological polar surface area (TPSA) is 0 Å². The van der Waals surface area contributed by atoms with Crippen molar-refractivity contribution in [2.45, 2.75) is 63.5 Å². The van der Waals surface area contributed by atoms with Crippen LogP contribution in [0.3, 0.4) is 0 Å². The van der Waals surface area contributed by atoms with Crippen molar-refractivity contribution in [2.24, 2.45) is 0 Å². The van der Waals surface area contributed by atoms with E-state index in [1.807, 2.05) is 6.92 Å². The molecular weight excluding hydrogens is 563 g/mol. The van der Waals surface area contributed by atoms with Gasteiger partial charge in [0.2, 0.25) is 0 Å². The Morgan fingerprint density at radius 3 is 1.85 bits per heavy atom. The van der Waals surface area contributed by atoms with Crippen molar-refractivity contribution in [1.29, 1.82) is 0 Å². The van der Waals surface area contributed by atoms with E-state index in [1.165, 1.54) is 11.3 Å². The number of hydrogen-bond donors (Lipinski definition) is 0. The van der Waals surface area contributed by atoms with Crippen LogP contribution in [-0.4, -0.2) is 0 Å². The molecule has 0 saturated heterocycles. The molecule has 0 radical (unpaired) electrons. The number of alkyl halides is 3. The highest BCUT2D eigenvalue weighted by molar-refractivity contribution is 7.19. The van der Waals surface area contributed by atoms with Gasteiger partial charge < -0.3 is 0 Å². The highest BCUT2D eigenvalue weighted by Gasteiger charge is 2.38. The van der Waals surface area contributed by atoms with Gasteiger partial charge in [-0.3, -0.25) is 0 Å². The highest BCUT2D eigenvalue weighted by Crippen LogP contribution is 2.45. The van der Waals surface area contributed by atoms with Gasteiger partial charge in [0, 0.05) is 10.4 Å². The summed E-state index contributed by atoms with van der Waals surface area (Å²) in [6.45, 7) is 1.96. The van der Waals surface area contributed by atoms with E-state index in [1.54, 1.807) is 6.07 Å². The lowest BCUT2D eigenvalue weighted by Gasteiger charge is -2.30. The normalized spacial score (nSPS) is 18.1. The average molecular weight is 587 g/mol. The maximum atomic E-state index is 15.3. The summed E-state index contributed by atoms with van der Waals surface area (Å²) in [4.78, 5) is 0.873. The summed E-state index contributed by atoms with van der Waals surface area (Å²) >= 11 is 1.17. The van der Waals surface area contributed by atoms with Crippen LogP contribution in [0.4, 0.5) is 39.5 Å². The highest BCUT2D eigenvalue weighted by atomic mass is 32.1. The van der Waals surface area contributed by atoms with Crippen molar-refractivity contribution in [3.63, 3.8) is 0 Å². The Bertz CT molecular complexity index is 1530. The van der Waals surface area contributed by atoms with Crippen LogP contribution in [0.2, 0.25) is 0 Å². The third-order valence-corrected chi connectivity index (χ3v) is 8.77. The van der Waals surface area contributed by atoms with Gasteiger partial charge in [0.15, 0.2) is 5.82 Å². The fourth-order valence-electron chi connectivity index (χ4n) is 5.73. The second-order valence-corrected chi connectivity index (χ2v) is 11.3. The second-order valence-electron chi connectivity index (χ2n) is 10.2. The van der Waals surface area contributed by atoms with Gasteiger partial charge in [0.1, 0.15) is 34.6 Å². The van der Waals surface area contributed by atoms with Crippen LogP contribution in [-0.2, 0) is 12.6 Å². The first-order valence-electron chi connectivity index (χ1n) is 12.8. The number of halogens is 9. The zero-order valence-electron chi connectivity index (χ0n) is 21.2. The number of aryl methyl sites for hydroxylation is 1. The summed E-state index contributed by atoms with van der Waals surface area (Å²) in [6.07, 6.45) is -2.80. The Morgan fingerprint density at radius 2 is 1.30 bits per heavy atom. The Hall–Kier alpha value is -3.01. The lowest BCUT2D eigenvalue weighted by Crippen LogP contribution is -2.17. The van der Waals surface area contributed by atoms with Crippen LogP contribution >= 0.6 is 11.3 Å². The molecule has 1 aliphatic carbocycles. The molecule has 0 N–H and O–H groups in total. The molecule has 40 heavy (non-hydrogen) atoms. The van der Waals surface area contributed by atoms with Crippen molar-refractivity contribution >= 4 is 21.4 Å². The molecule has 3 aromatic carbocycles. The van der Waals surface area contributed by atoms with Gasteiger partial charge in [-0.2, -0.15) is 13.2 Å². The quantitative estimate of drug-likeness (QED) is 0.204. The third-order valence-electron chi connectivity index (χ3n) is 7.57. The summed E-state index contributed by atoms with van der Waals surface area (Å²) in [5.74, 6) is -8.30. The molecule has 0 unspecified atom stereocenters. The van der Waals surface area contributed by atoms with Crippen molar-refractivity contribution in [1.82, 2.24) is 0 Å². The zero-order valence-corrected chi connectivity index (χ0v) is 22.0. The van der Waals surface area contributed by atoms with Gasteiger partial charge in [0.25, 0.3) is 0 Å². The molecule has 0 spiro atoms.